The lowest BCUT2D eigenvalue weighted by Crippen LogP contribution is -2.47. The van der Waals surface area contributed by atoms with Gasteiger partial charge in [-0.25, -0.2) is 9.37 Å². The summed E-state index contributed by atoms with van der Waals surface area (Å²) in [5, 5.41) is 3.47. The molecule has 30 heavy (non-hydrogen) atoms. The van der Waals surface area contributed by atoms with E-state index in [0.29, 0.717) is 10.9 Å². The van der Waals surface area contributed by atoms with Crippen molar-refractivity contribution in [1.82, 2.24) is 14.9 Å². The van der Waals surface area contributed by atoms with Gasteiger partial charge in [0.1, 0.15) is 6.61 Å². The van der Waals surface area contributed by atoms with Crippen molar-refractivity contribution in [2.45, 2.75) is 39.8 Å². The van der Waals surface area contributed by atoms with Gasteiger partial charge >= 0.3 is 0 Å². The van der Waals surface area contributed by atoms with E-state index in [-0.39, 0.29) is 48.2 Å². The number of nitrogens with zero attached hydrogens (tertiary/aromatic N) is 2. The number of nitrogens with one attached hydrogen (secondary N) is 1. The number of carbonyl (C=O) groups excluding carboxylic acids is 1. The molecule has 0 aliphatic heterocycles. The van der Waals surface area contributed by atoms with Crippen LogP contribution in [-0.4, -0.2) is 28.1 Å². The van der Waals surface area contributed by atoms with Gasteiger partial charge in [-0.05, 0) is 29.7 Å². The van der Waals surface area contributed by atoms with Crippen molar-refractivity contribution < 1.29 is 13.9 Å². The SMILES string of the molecule is CC(C)(C)C(COc1ccccc1F)NC(=O)CCn1cnc2ccccc2c1=O. The van der Waals surface area contributed by atoms with E-state index < -0.39 is 5.82 Å². The van der Waals surface area contributed by atoms with Gasteiger partial charge in [-0.2, -0.15) is 0 Å². The van der Waals surface area contributed by atoms with Crippen LogP contribution in [0.4, 0.5) is 4.39 Å². The molecule has 1 N–H and O–H groups in total. The van der Waals surface area contributed by atoms with Gasteiger partial charge in [0.2, 0.25) is 5.91 Å². The van der Waals surface area contributed by atoms with Crippen molar-refractivity contribution in [1.29, 1.82) is 0 Å². The van der Waals surface area contributed by atoms with Crippen LogP contribution in [0, 0.1) is 11.2 Å². The third-order valence-electron chi connectivity index (χ3n) is 4.93. The maximum absolute atomic E-state index is 13.8. The van der Waals surface area contributed by atoms with Crippen LogP contribution in [0.1, 0.15) is 27.2 Å². The summed E-state index contributed by atoms with van der Waals surface area (Å²) in [6, 6.07) is 12.9. The Morgan fingerprint density at radius 1 is 1.17 bits per heavy atom. The third-order valence-corrected chi connectivity index (χ3v) is 4.93. The van der Waals surface area contributed by atoms with Crippen molar-refractivity contribution in [3.8, 4) is 5.75 Å². The number of aromatic nitrogens is 2. The molecule has 0 aliphatic rings. The topological polar surface area (TPSA) is 73.2 Å². The Kier molecular flexibility index (Phi) is 6.50. The Morgan fingerprint density at radius 2 is 1.87 bits per heavy atom. The van der Waals surface area contributed by atoms with E-state index >= 15 is 0 Å². The number of fused-ring (bicyclic) bond motifs is 1. The molecule has 158 valence electrons. The van der Waals surface area contributed by atoms with Crippen LogP contribution in [0.15, 0.2) is 59.7 Å². The van der Waals surface area contributed by atoms with Crippen LogP contribution >= 0.6 is 0 Å². The predicted molar refractivity (Wildman–Crippen MR) is 114 cm³/mol. The largest absolute Gasteiger partial charge is 0.488 e. The van der Waals surface area contributed by atoms with Gasteiger partial charge < -0.3 is 10.1 Å². The molecule has 1 atom stereocenters. The van der Waals surface area contributed by atoms with E-state index in [0.717, 1.165) is 0 Å². The fourth-order valence-electron chi connectivity index (χ4n) is 3.00. The fraction of sp³-hybridized carbons (Fsp3) is 0.348. The van der Waals surface area contributed by atoms with Gasteiger partial charge in [0.05, 0.1) is 23.3 Å². The van der Waals surface area contributed by atoms with Crippen molar-refractivity contribution in [2.75, 3.05) is 6.61 Å². The van der Waals surface area contributed by atoms with E-state index in [2.05, 4.69) is 10.3 Å². The smallest absolute Gasteiger partial charge is 0.261 e. The molecule has 0 spiro atoms. The molecule has 1 heterocycles. The van der Waals surface area contributed by atoms with Crippen molar-refractivity contribution in [3.63, 3.8) is 0 Å². The quantitative estimate of drug-likeness (QED) is 0.646. The first-order chi connectivity index (χ1) is 14.3. The fourth-order valence-corrected chi connectivity index (χ4v) is 3.00. The zero-order valence-electron chi connectivity index (χ0n) is 17.4. The van der Waals surface area contributed by atoms with Crippen molar-refractivity contribution in [3.05, 3.63) is 71.0 Å². The number of hydrogen-bond acceptors (Lipinski definition) is 4. The summed E-state index contributed by atoms with van der Waals surface area (Å²) in [5.74, 6) is -0.512. The monoisotopic (exact) mass is 411 g/mol. The molecule has 1 aromatic heterocycles. The Balaban J connectivity index is 1.63. The molecule has 3 aromatic rings. The second kappa shape index (κ2) is 9.07. The van der Waals surface area contributed by atoms with Gasteiger partial charge in [0, 0.05) is 13.0 Å². The zero-order chi connectivity index (χ0) is 21.7. The molecular formula is C23H26FN3O3. The molecule has 1 unspecified atom stereocenters. The molecule has 2 aromatic carbocycles. The summed E-state index contributed by atoms with van der Waals surface area (Å²) in [6.45, 7) is 6.27. The summed E-state index contributed by atoms with van der Waals surface area (Å²) in [6.07, 6.45) is 1.58. The zero-order valence-corrected chi connectivity index (χ0v) is 17.4. The summed E-state index contributed by atoms with van der Waals surface area (Å²) in [5.41, 5.74) is 0.146. The van der Waals surface area contributed by atoms with Crippen LogP contribution in [-0.2, 0) is 11.3 Å². The van der Waals surface area contributed by atoms with Crippen molar-refractivity contribution >= 4 is 16.8 Å². The second-order valence-corrected chi connectivity index (χ2v) is 8.24. The third kappa shape index (κ3) is 5.23. The number of aryl methyl sites for hydroxylation is 1. The number of hydrogen-bond donors (Lipinski definition) is 1. The summed E-state index contributed by atoms with van der Waals surface area (Å²) in [7, 11) is 0. The Hall–Kier alpha value is -3.22. The van der Waals surface area contributed by atoms with Gasteiger partial charge in [0.25, 0.3) is 5.56 Å². The summed E-state index contributed by atoms with van der Waals surface area (Å²) >= 11 is 0. The summed E-state index contributed by atoms with van der Waals surface area (Å²) < 4.78 is 20.8. The molecule has 0 bridgehead atoms. The number of carbonyl (C=O) groups is 1. The van der Waals surface area contributed by atoms with E-state index in [1.54, 1.807) is 36.4 Å². The minimum absolute atomic E-state index is 0.117. The van der Waals surface area contributed by atoms with Crippen LogP contribution in [0.5, 0.6) is 5.75 Å². The molecule has 1 amide bonds. The Bertz CT molecular complexity index is 1090. The van der Waals surface area contributed by atoms with Crippen LogP contribution in [0.25, 0.3) is 10.9 Å². The maximum Gasteiger partial charge on any atom is 0.261 e. The highest BCUT2D eigenvalue weighted by molar-refractivity contribution is 5.77. The molecule has 0 saturated heterocycles. The molecule has 0 radical (unpaired) electrons. The average Bonchev–Trinajstić information content (AvgIpc) is 2.71. The van der Waals surface area contributed by atoms with Gasteiger partial charge in [-0.1, -0.05) is 45.0 Å². The maximum atomic E-state index is 13.8. The number of benzene rings is 2. The molecule has 0 fully saturated rings. The Morgan fingerprint density at radius 3 is 2.60 bits per heavy atom. The lowest BCUT2D eigenvalue weighted by molar-refractivity contribution is -0.123. The highest BCUT2D eigenvalue weighted by Crippen LogP contribution is 2.22. The highest BCUT2D eigenvalue weighted by Gasteiger charge is 2.27. The lowest BCUT2D eigenvalue weighted by atomic mass is 9.87. The minimum Gasteiger partial charge on any atom is -0.488 e. The van der Waals surface area contributed by atoms with Crippen LogP contribution < -0.4 is 15.6 Å². The number of rotatable bonds is 7. The van der Waals surface area contributed by atoms with Gasteiger partial charge in [-0.3, -0.25) is 14.2 Å². The average molecular weight is 411 g/mol. The van der Waals surface area contributed by atoms with E-state index in [1.807, 2.05) is 26.8 Å². The molecule has 7 heteroatoms. The number of halogens is 1. The molecule has 0 aliphatic carbocycles. The number of ether oxygens (including phenoxy) is 1. The predicted octanol–water partition coefficient (Wildman–Crippen LogP) is 3.54. The first-order valence-corrected chi connectivity index (χ1v) is 9.86. The van der Waals surface area contributed by atoms with Gasteiger partial charge in [-0.15, -0.1) is 0 Å². The van der Waals surface area contributed by atoms with Crippen LogP contribution in [0.3, 0.4) is 0 Å². The highest BCUT2D eigenvalue weighted by atomic mass is 19.1. The molecule has 0 saturated carbocycles. The van der Waals surface area contributed by atoms with E-state index in [9.17, 15) is 14.0 Å². The first-order valence-electron chi connectivity index (χ1n) is 9.86. The first kappa shape index (κ1) is 21.5. The standard InChI is InChI=1S/C23H26FN3O3/c1-23(2,3)20(14-30-19-11-7-5-9-17(19)24)26-21(28)12-13-27-15-25-18-10-6-4-8-16(18)22(27)29/h4-11,15,20H,12-14H2,1-3H3,(H,26,28). The number of amides is 1. The summed E-state index contributed by atoms with van der Waals surface area (Å²) in [4.78, 5) is 29.4. The van der Waals surface area contributed by atoms with Crippen molar-refractivity contribution in [2.24, 2.45) is 5.41 Å². The van der Waals surface area contributed by atoms with E-state index in [4.69, 9.17) is 4.74 Å². The molecule has 6 nitrogen and oxygen atoms in total. The Labute approximate surface area is 174 Å². The van der Waals surface area contributed by atoms with Gasteiger partial charge in [0.15, 0.2) is 11.6 Å². The van der Waals surface area contributed by atoms with E-state index in [1.165, 1.54) is 17.0 Å². The number of para-hydroxylation sites is 2. The molecule has 3 rings (SSSR count). The minimum atomic E-state index is -0.445. The second-order valence-electron chi connectivity index (χ2n) is 8.24. The molecular weight excluding hydrogens is 385 g/mol. The normalized spacial score (nSPS) is 12.5. The lowest BCUT2D eigenvalue weighted by Gasteiger charge is -2.31. The van der Waals surface area contributed by atoms with Crippen LogP contribution in [0.2, 0.25) is 0 Å².